The third kappa shape index (κ3) is 2.73. The van der Waals surface area contributed by atoms with Crippen molar-refractivity contribution in [2.45, 2.75) is 12.5 Å². The Balaban J connectivity index is 2.17. The van der Waals surface area contributed by atoms with Gasteiger partial charge >= 0.3 is 0 Å². The van der Waals surface area contributed by atoms with Gasteiger partial charge in [-0.15, -0.1) is 0 Å². The van der Waals surface area contributed by atoms with Gasteiger partial charge < -0.3 is 10.2 Å². The van der Waals surface area contributed by atoms with E-state index in [-0.39, 0.29) is 5.91 Å². The molecule has 0 aliphatic carbocycles. The summed E-state index contributed by atoms with van der Waals surface area (Å²) in [5.74, 6) is -0.0461. The first-order valence-corrected chi connectivity index (χ1v) is 6.29. The van der Waals surface area contributed by atoms with Crippen LogP contribution < -0.4 is 5.32 Å². The highest BCUT2D eigenvalue weighted by Crippen LogP contribution is 2.23. The zero-order chi connectivity index (χ0) is 12.4. The van der Waals surface area contributed by atoms with Gasteiger partial charge in [0.15, 0.2) is 0 Å². The Kier molecular flexibility index (Phi) is 3.92. The van der Waals surface area contributed by atoms with Crippen LogP contribution in [-0.2, 0) is 0 Å². The molecule has 1 heterocycles. The van der Waals surface area contributed by atoms with Crippen LogP contribution in [0.5, 0.6) is 0 Å². The third-order valence-electron chi connectivity index (χ3n) is 3.04. The van der Waals surface area contributed by atoms with Gasteiger partial charge in [-0.3, -0.25) is 4.79 Å². The molecule has 1 N–H and O–H groups in total. The highest BCUT2D eigenvalue weighted by molar-refractivity contribution is 6.35. The first-order chi connectivity index (χ1) is 8.11. The maximum Gasteiger partial charge on any atom is 0.255 e. The average molecular weight is 273 g/mol. The SMILES string of the molecule is CNC1CCN(C(=O)c2cc(Cl)ccc2Cl)C1. The summed E-state index contributed by atoms with van der Waals surface area (Å²) in [6.07, 6.45) is 0.973. The summed E-state index contributed by atoms with van der Waals surface area (Å²) in [5.41, 5.74) is 0.482. The van der Waals surface area contributed by atoms with E-state index in [4.69, 9.17) is 23.2 Å². The van der Waals surface area contributed by atoms with Crippen molar-refractivity contribution in [1.82, 2.24) is 10.2 Å². The van der Waals surface area contributed by atoms with Crippen molar-refractivity contribution in [3.05, 3.63) is 33.8 Å². The first-order valence-electron chi connectivity index (χ1n) is 5.53. The van der Waals surface area contributed by atoms with E-state index in [9.17, 15) is 4.79 Å². The van der Waals surface area contributed by atoms with Crippen LogP contribution >= 0.6 is 23.2 Å². The molecule has 1 fully saturated rings. The monoisotopic (exact) mass is 272 g/mol. The maximum atomic E-state index is 12.2. The van der Waals surface area contributed by atoms with E-state index in [0.717, 1.165) is 19.5 Å². The summed E-state index contributed by atoms with van der Waals surface area (Å²) in [5, 5.41) is 4.15. The molecular formula is C12H14Cl2N2O. The predicted molar refractivity (Wildman–Crippen MR) is 69.8 cm³/mol. The Morgan fingerprint density at radius 1 is 1.47 bits per heavy atom. The molecule has 1 unspecified atom stereocenters. The van der Waals surface area contributed by atoms with Crippen molar-refractivity contribution in [3.8, 4) is 0 Å². The number of likely N-dealkylation sites (N-methyl/N-ethyl adjacent to an activating group) is 1. The summed E-state index contributed by atoms with van der Waals surface area (Å²) in [7, 11) is 1.91. The highest BCUT2D eigenvalue weighted by atomic mass is 35.5. The van der Waals surface area contributed by atoms with Crippen molar-refractivity contribution >= 4 is 29.1 Å². The summed E-state index contributed by atoms with van der Waals surface area (Å²) < 4.78 is 0. The van der Waals surface area contributed by atoms with Crippen molar-refractivity contribution in [1.29, 1.82) is 0 Å². The quantitative estimate of drug-likeness (QED) is 0.897. The third-order valence-corrected chi connectivity index (χ3v) is 3.61. The Morgan fingerprint density at radius 3 is 2.88 bits per heavy atom. The average Bonchev–Trinajstić information content (AvgIpc) is 2.80. The van der Waals surface area contributed by atoms with Crippen LogP contribution in [-0.4, -0.2) is 37.0 Å². The van der Waals surface area contributed by atoms with Gasteiger partial charge in [0.05, 0.1) is 10.6 Å². The zero-order valence-corrected chi connectivity index (χ0v) is 11.1. The standard InChI is InChI=1S/C12H14Cl2N2O/c1-15-9-4-5-16(7-9)12(17)10-6-8(13)2-3-11(10)14/h2-3,6,9,15H,4-5,7H2,1H3. The molecule has 0 bridgehead atoms. The summed E-state index contributed by atoms with van der Waals surface area (Å²) in [4.78, 5) is 14.0. The second kappa shape index (κ2) is 5.25. The van der Waals surface area contributed by atoms with Crippen molar-refractivity contribution < 1.29 is 4.79 Å². The molecule has 0 spiro atoms. The molecule has 0 radical (unpaired) electrons. The number of carbonyl (C=O) groups excluding carboxylic acids is 1. The van der Waals surface area contributed by atoms with Gasteiger partial charge in [-0.2, -0.15) is 0 Å². The topological polar surface area (TPSA) is 32.3 Å². The van der Waals surface area contributed by atoms with E-state index < -0.39 is 0 Å². The molecule has 1 aliphatic heterocycles. The number of nitrogens with one attached hydrogen (secondary N) is 1. The fraction of sp³-hybridized carbons (Fsp3) is 0.417. The van der Waals surface area contributed by atoms with Crippen molar-refractivity contribution in [3.63, 3.8) is 0 Å². The molecule has 0 aromatic heterocycles. The number of hydrogen-bond donors (Lipinski definition) is 1. The van der Waals surface area contributed by atoms with Crippen LogP contribution in [0.2, 0.25) is 10.0 Å². The van der Waals surface area contributed by atoms with E-state index in [2.05, 4.69) is 5.32 Å². The number of rotatable bonds is 2. The maximum absolute atomic E-state index is 12.2. The lowest BCUT2D eigenvalue weighted by molar-refractivity contribution is 0.0790. The van der Waals surface area contributed by atoms with E-state index in [0.29, 0.717) is 21.7 Å². The minimum absolute atomic E-state index is 0.0461. The molecule has 1 saturated heterocycles. The molecule has 17 heavy (non-hydrogen) atoms. The molecule has 5 heteroatoms. The normalized spacial score (nSPS) is 19.7. The van der Waals surface area contributed by atoms with E-state index >= 15 is 0 Å². The van der Waals surface area contributed by atoms with E-state index in [1.54, 1.807) is 23.1 Å². The molecule has 1 amide bonds. The Bertz CT molecular complexity index is 437. The molecule has 1 atom stereocenters. The van der Waals surface area contributed by atoms with Gasteiger partial charge in [-0.05, 0) is 31.7 Å². The van der Waals surface area contributed by atoms with Crippen LogP contribution in [0.15, 0.2) is 18.2 Å². The molecule has 1 aromatic rings. The van der Waals surface area contributed by atoms with E-state index in [1.807, 2.05) is 7.05 Å². The number of benzene rings is 1. The number of amides is 1. The number of likely N-dealkylation sites (tertiary alicyclic amines) is 1. The smallest absolute Gasteiger partial charge is 0.255 e. The lowest BCUT2D eigenvalue weighted by Gasteiger charge is -2.17. The first kappa shape index (κ1) is 12.7. The van der Waals surface area contributed by atoms with Crippen LogP contribution in [0.1, 0.15) is 16.8 Å². The second-order valence-corrected chi connectivity index (χ2v) is 4.99. The molecule has 3 nitrogen and oxygen atoms in total. The van der Waals surface area contributed by atoms with Crippen molar-refractivity contribution in [2.24, 2.45) is 0 Å². The van der Waals surface area contributed by atoms with E-state index in [1.165, 1.54) is 0 Å². The molecule has 1 aliphatic rings. The van der Waals surface area contributed by atoms with Gasteiger partial charge in [0.1, 0.15) is 0 Å². The Hall–Kier alpha value is -0.770. The highest BCUT2D eigenvalue weighted by Gasteiger charge is 2.26. The molecule has 2 rings (SSSR count). The zero-order valence-electron chi connectivity index (χ0n) is 9.54. The van der Waals surface area contributed by atoms with Gasteiger partial charge in [0, 0.05) is 24.2 Å². The minimum Gasteiger partial charge on any atom is -0.337 e. The molecular weight excluding hydrogens is 259 g/mol. The number of carbonyl (C=O) groups is 1. The number of nitrogens with zero attached hydrogens (tertiary/aromatic N) is 1. The minimum atomic E-state index is -0.0461. The molecule has 92 valence electrons. The molecule has 0 saturated carbocycles. The summed E-state index contributed by atoms with van der Waals surface area (Å²) in [6, 6.07) is 5.33. The van der Waals surface area contributed by atoms with Gasteiger partial charge in [-0.1, -0.05) is 23.2 Å². The van der Waals surface area contributed by atoms with Crippen LogP contribution in [0, 0.1) is 0 Å². The van der Waals surface area contributed by atoms with Gasteiger partial charge in [0.2, 0.25) is 0 Å². The molecule has 1 aromatic carbocycles. The number of hydrogen-bond acceptors (Lipinski definition) is 2. The number of halogens is 2. The summed E-state index contributed by atoms with van der Waals surface area (Å²) in [6.45, 7) is 1.48. The summed E-state index contributed by atoms with van der Waals surface area (Å²) >= 11 is 11.9. The fourth-order valence-corrected chi connectivity index (χ4v) is 2.38. The van der Waals surface area contributed by atoms with Crippen LogP contribution in [0.3, 0.4) is 0 Å². The predicted octanol–water partition coefficient (Wildman–Crippen LogP) is 2.43. The lowest BCUT2D eigenvalue weighted by Crippen LogP contribution is -2.33. The fourth-order valence-electron chi connectivity index (χ4n) is 2.01. The van der Waals surface area contributed by atoms with Gasteiger partial charge in [-0.25, -0.2) is 0 Å². The van der Waals surface area contributed by atoms with Crippen LogP contribution in [0.25, 0.3) is 0 Å². The van der Waals surface area contributed by atoms with Crippen LogP contribution in [0.4, 0.5) is 0 Å². The largest absolute Gasteiger partial charge is 0.337 e. The lowest BCUT2D eigenvalue weighted by atomic mass is 10.2. The van der Waals surface area contributed by atoms with Crippen molar-refractivity contribution in [2.75, 3.05) is 20.1 Å². The Labute approximate surface area is 111 Å². The second-order valence-electron chi connectivity index (χ2n) is 4.15. The van der Waals surface area contributed by atoms with Gasteiger partial charge in [0.25, 0.3) is 5.91 Å². The Morgan fingerprint density at radius 2 is 2.24 bits per heavy atom.